The van der Waals surface area contributed by atoms with Crippen LogP contribution in [-0.4, -0.2) is 20.0 Å². The molecule has 0 bridgehead atoms. The summed E-state index contributed by atoms with van der Waals surface area (Å²) in [5.74, 6) is 0.429. The number of fused-ring (bicyclic) bond motifs is 3. The van der Waals surface area contributed by atoms with E-state index < -0.39 is 5.82 Å². The maximum absolute atomic E-state index is 13.2. The van der Waals surface area contributed by atoms with Gasteiger partial charge in [-0.25, -0.2) is 4.39 Å². The first kappa shape index (κ1) is 11.7. The lowest BCUT2D eigenvalue weighted by atomic mass is 10.1. The minimum Gasteiger partial charge on any atom is -0.493 e. The molecule has 0 amide bonds. The van der Waals surface area contributed by atoms with Gasteiger partial charge >= 0.3 is 0 Å². The molecule has 0 N–H and O–H groups in total. The molecule has 4 heteroatoms. The SMILES string of the molecule is COc1cc2c(cc1OC)-c1ccc(F)cc1C2=O. The van der Waals surface area contributed by atoms with Crippen molar-refractivity contribution in [2.24, 2.45) is 0 Å². The van der Waals surface area contributed by atoms with Crippen LogP contribution in [0.25, 0.3) is 11.1 Å². The van der Waals surface area contributed by atoms with Gasteiger partial charge < -0.3 is 9.47 Å². The van der Waals surface area contributed by atoms with Crippen LogP contribution in [0.15, 0.2) is 30.3 Å². The first-order valence-corrected chi connectivity index (χ1v) is 5.76. The molecule has 0 atom stereocenters. The third-order valence-corrected chi connectivity index (χ3v) is 3.28. The van der Waals surface area contributed by atoms with Crippen molar-refractivity contribution < 1.29 is 18.7 Å². The van der Waals surface area contributed by atoms with Gasteiger partial charge in [-0.15, -0.1) is 0 Å². The minimum atomic E-state index is -0.418. The average Bonchev–Trinajstić information content (AvgIpc) is 2.70. The molecule has 2 aromatic rings. The van der Waals surface area contributed by atoms with E-state index >= 15 is 0 Å². The molecule has 3 rings (SSSR count). The van der Waals surface area contributed by atoms with E-state index in [1.54, 1.807) is 18.2 Å². The number of halogens is 1. The highest BCUT2D eigenvalue weighted by Crippen LogP contribution is 2.42. The summed E-state index contributed by atoms with van der Waals surface area (Å²) in [6, 6.07) is 7.60. The number of rotatable bonds is 2. The van der Waals surface area contributed by atoms with Crippen LogP contribution in [0.5, 0.6) is 11.5 Å². The van der Waals surface area contributed by atoms with E-state index in [0.29, 0.717) is 22.6 Å². The Balaban J connectivity index is 2.28. The van der Waals surface area contributed by atoms with Gasteiger partial charge in [-0.3, -0.25) is 4.79 Å². The van der Waals surface area contributed by atoms with Gasteiger partial charge in [-0.05, 0) is 35.4 Å². The van der Waals surface area contributed by atoms with Gasteiger partial charge in [0, 0.05) is 11.1 Å². The van der Waals surface area contributed by atoms with Gasteiger partial charge in [0.2, 0.25) is 0 Å². The Hall–Kier alpha value is -2.36. The summed E-state index contributed by atoms with van der Waals surface area (Å²) in [6.45, 7) is 0. The second kappa shape index (κ2) is 4.09. The van der Waals surface area contributed by atoms with Crippen LogP contribution in [0.1, 0.15) is 15.9 Å². The molecule has 0 saturated carbocycles. The monoisotopic (exact) mass is 258 g/mol. The highest BCUT2D eigenvalue weighted by Gasteiger charge is 2.29. The number of ether oxygens (including phenoxy) is 2. The summed E-state index contributed by atoms with van der Waals surface area (Å²) in [5, 5.41) is 0. The topological polar surface area (TPSA) is 35.5 Å². The van der Waals surface area contributed by atoms with Gasteiger partial charge in [0.1, 0.15) is 5.82 Å². The molecule has 19 heavy (non-hydrogen) atoms. The number of ketones is 1. The first-order chi connectivity index (χ1) is 9.15. The molecule has 0 spiro atoms. The van der Waals surface area contributed by atoms with Crippen LogP contribution < -0.4 is 9.47 Å². The quantitative estimate of drug-likeness (QED) is 0.708. The molecule has 0 heterocycles. The molecule has 0 radical (unpaired) electrons. The maximum Gasteiger partial charge on any atom is 0.194 e. The molecular formula is C15H11FO3. The van der Waals surface area contributed by atoms with Crippen molar-refractivity contribution in [1.82, 2.24) is 0 Å². The number of methoxy groups -OCH3 is 2. The van der Waals surface area contributed by atoms with Crippen molar-refractivity contribution in [3.8, 4) is 22.6 Å². The molecule has 0 unspecified atom stereocenters. The molecule has 0 aliphatic heterocycles. The molecule has 0 saturated heterocycles. The van der Waals surface area contributed by atoms with Gasteiger partial charge in [0.15, 0.2) is 17.3 Å². The van der Waals surface area contributed by atoms with Crippen molar-refractivity contribution in [2.45, 2.75) is 0 Å². The smallest absolute Gasteiger partial charge is 0.194 e. The molecule has 1 aliphatic carbocycles. The fourth-order valence-electron chi connectivity index (χ4n) is 2.37. The zero-order valence-corrected chi connectivity index (χ0v) is 10.5. The van der Waals surface area contributed by atoms with E-state index in [9.17, 15) is 9.18 Å². The summed E-state index contributed by atoms with van der Waals surface area (Å²) >= 11 is 0. The fourth-order valence-corrected chi connectivity index (χ4v) is 2.37. The molecule has 0 fully saturated rings. The summed E-state index contributed by atoms with van der Waals surface area (Å²) in [6.07, 6.45) is 0. The number of benzene rings is 2. The van der Waals surface area contributed by atoms with E-state index in [2.05, 4.69) is 0 Å². The summed E-state index contributed by atoms with van der Waals surface area (Å²) in [5.41, 5.74) is 2.36. The van der Waals surface area contributed by atoms with Crippen molar-refractivity contribution in [3.05, 3.63) is 47.3 Å². The van der Waals surface area contributed by atoms with Crippen molar-refractivity contribution in [1.29, 1.82) is 0 Å². The zero-order chi connectivity index (χ0) is 13.6. The molecular weight excluding hydrogens is 247 g/mol. The Morgan fingerprint density at radius 3 is 2.05 bits per heavy atom. The normalized spacial score (nSPS) is 12.1. The Bertz CT molecular complexity index is 692. The van der Waals surface area contributed by atoms with Crippen LogP contribution in [0.4, 0.5) is 4.39 Å². The van der Waals surface area contributed by atoms with E-state index in [0.717, 1.165) is 11.1 Å². The van der Waals surface area contributed by atoms with Gasteiger partial charge in [0.05, 0.1) is 14.2 Å². The Morgan fingerprint density at radius 2 is 1.42 bits per heavy atom. The summed E-state index contributed by atoms with van der Waals surface area (Å²) in [4.78, 5) is 12.2. The van der Waals surface area contributed by atoms with Crippen LogP contribution in [-0.2, 0) is 0 Å². The molecule has 0 aromatic heterocycles. The number of hydrogen-bond acceptors (Lipinski definition) is 3. The third kappa shape index (κ3) is 1.60. The zero-order valence-electron chi connectivity index (χ0n) is 10.5. The molecule has 2 aromatic carbocycles. The highest BCUT2D eigenvalue weighted by atomic mass is 19.1. The predicted molar refractivity (Wildman–Crippen MR) is 68.4 cm³/mol. The largest absolute Gasteiger partial charge is 0.493 e. The van der Waals surface area contributed by atoms with Crippen molar-refractivity contribution in [3.63, 3.8) is 0 Å². The van der Waals surface area contributed by atoms with Gasteiger partial charge in [-0.2, -0.15) is 0 Å². The lowest BCUT2D eigenvalue weighted by Gasteiger charge is -2.09. The third-order valence-electron chi connectivity index (χ3n) is 3.28. The standard InChI is InChI=1S/C15H11FO3/c1-18-13-6-10-9-4-3-8(16)5-11(9)15(17)12(10)7-14(13)19-2/h3-7H,1-2H3. The lowest BCUT2D eigenvalue weighted by molar-refractivity contribution is 0.104. The predicted octanol–water partition coefficient (Wildman–Crippen LogP) is 3.05. The van der Waals surface area contributed by atoms with E-state index in [1.807, 2.05) is 0 Å². The average molecular weight is 258 g/mol. The minimum absolute atomic E-state index is 0.189. The van der Waals surface area contributed by atoms with E-state index in [4.69, 9.17) is 9.47 Å². The summed E-state index contributed by atoms with van der Waals surface area (Å²) in [7, 11) is 3.04. The summed E-state index contributed by atoms with van der Waals surface area (Å²) < 4.78 is 23.7. The first-order valence-electron chi connectivity index (χ1n) is 5.76. The van der Waals surface area contributed by atoms with Gasteiger partial charge in [-0.1, -0.05) is 6.07 Å². The van der Waals surface area contributed by atoms with Crippen molar-refractivity contribution in [2.75, 3.05) is 14.2 Å². The highest BCUT2D eigenvalue weighted by molar-refractivity contribution is 6.22. The molecule has 3 nitrogen and oxygen atoms in total. The maximum atomic E-state index is 13.2. The van der Waals surface area contributed by atoms with Crippen LogP contribution in [0.3, 0.4) is 0 Å². The van der Waals surface area contributed by atoms with Crippen LogP contribution >= 0.6 is 0 Å². The van der Waals surface area contributed by atoms with Crippen LogP contribution in [0.2, 0.25) is 0 Å². The Labute approximate surface area is 109 Å². The number of hydrogen-bond donors (Lipinski definition) is 0. The molecule has 96 valence electrons. The van der Waals surface area contributed by atoms with Crippen molar-refractivity contribution >= 4 is 5.78 Å². The Morgan fingerprint density at radius 1 is 0.842 bits per heavy atom. The number of carbonyl (C=O) groups excluding carboxylic acids is 1. The second-order valence-corrected chi connectivity index (χ2v) is 4.27. The fraction of sp³-hybridized carbons (Fsp3) is 0.133. The van der Waals surface area contributed by atoms with Gasteiger partial charge in [0.25, 0.3) is 0 Å². The second-order valence-electron chi connectivity index (χ2n) is 4.27. The van der Waals surface area contributed by atoms with E-state index in [-0.39, 0.29) is 5.78 Å². The lowest BCUT2D eigenvalue weighted by Crippen LogP contribution is -1.97. The van der Waals surface area contributed by atoms with E-state index in [1.165, 1.54) is 26.4 Å². The Kier molecular flexibility index (Phi) is 2.52. The number of carbonyl (C=O) groups is 1. The van der Waals surface area contributed by atoms with Crippen LogP contribution in [0, 0.1) is 5.82 Å². The molecule has 1 aliphatic rings.